The first-order chi connectivity index (χ1) is 5.87. The van der Waals surface area contributed by atoms with Gasteiger partial charge in [0.15, 0.2) is 0 Å². The van der Waals surface area contributed by atoms with E-state index in [-0.39, 0.29) is 11.2 Å². The highest BCUT2D eigenvalue weighted by atomic mass is 32.2. The molecule has 0 radical (unpaired) electrons. The van der Waals surface area contributed by atoms with Crippen molar-refractivity contribution in [2.75, 3.05) is 12.3 Å². The van der Waals surface area contributed by atoms with E-state index >= 15 is 0 Å². The third-order valence-corrected chi connectivity index (χ3v) is 3.90. The van der Waals surface area contributed by atoms with Crippen LogP contribution >= 0.6 is 0 Å². The van der Waals surface area contributed by atoms with E-state index in [9.17, 15) is 8.42 Å². The molecule has 0 bridgehead atoms. The Kier molecular flexibility index (Phi) is 2.99. The highest BCUT2D eigenvalue weighted by molar-refractivity contribution is 7.89. The van der Waals surface area contributed by atoms with Gasteiger partial charge in [-0.2, -0.15) is 0 Å². The molecule has 0 aliphatic heterocycles. The van der Waals surface area contributed by atoms with Crippen molar-refractivity contribution in [2.24, 2.45) is 22.2 Å². The smallest absolute Gasteiger partial charge is 0.209 e. The lowest BCUT2D eigenvalue weighted by Crippen LogP contribution is -2.37. The number of nitrogens with two attached hydrogens (primary N) is 2. The summed E-state index contributed by atoms with van der Waals surface area (Å²) in [6.07, 6.45) is 2.84. The van der Waals surface area contributed by atoms with Crippen molar-refractivity contribution in [3.05, 3.63) is 0 Å². The van der Waals surface area contributed by atoms with Crippen LogP contribution in [0.5, 0.6) is 0 Å². The molecular formula is C8H18N2O2S. The normalized spacial score (nSPS) is 35.2. The Balaban J connectivity index is 2.72. The fraction of sp³-hybridized carbons (Fsp3) is 1.00. The zero-order chi connectivity index (χ0) is 10.1. The molecule has 1 fully saturated rings. The molecule has 0 amide bonds. The largest absolute Gasteiger partial charge is 0.330 e. The van der Waals surface area contributed by atoms with Gasteiger partial charge in [-0.3, -0.25) is 0 Å². The lowest BCUT2D eigenvalue weighted by atomic mass is 9.88. The number of rotatable bonds is 3. The molecule has 78 valence electrons. The zero-order valence-corrected chi connectivity index (χ0v) is 8.81. The first kappa shape index (κ1) is 10.9. The monoisotopic (exact) mass is 206 g/mol. The average molecular weight is 206 g/mol. The van der Waals surface area contributed by atoms with Crippen molar-refractivity contribution < 1.29 is 8.42 Å². The lowest BCUT2D eigenvalue weighted by Gasteiger charge is -2.25. The Morgan fingerprint density at radius 1 is 1.54 bits per heavy atom. The number of sulfonamides is 1. The van der Waals surface area contributed by atoms with Gasteiger partial charge in [-0.1, -0.05) is 13.3 Å². The minimum atomic E-state index is -3.38. The summed E-state index contributed by atoms with van der Waals surface area (Å²) >= 11 is 0. The predicted octanol–water partition coefficient (Wildman–Crippen LogP) is 0.0400. The first-order valence-electron chi connectivity index (χ1n) is 4.57. The fourth-order valence-electron chi connectivity index (χ4n) is 2.30. The van der Waals surface area contributed by atoms with Gasteiger partial charge >= 0.3 is 0 Å². The molecule has 2 atom stereocenters. The summed E-state index contributed by atoms with van der Waals surface area (Å²) in [5.41, 5.74) is 5.38. The standard InChI is InChI=1S/C8H18N2O2S/c1-7-2-3-8(4-7,5-9)6-13(10,11)12/h7H,2-6,9H2,1H3,(H2,10,11,12)/t7?,8-/m1/s1. The van der Waals surface area contributed by atoms with Gasteiger partial charge in [-0.15, -0.1) is 0 Å². The second-order valence-electron chi connectivity index (χ2n) is 4.36. The molecule has 5 heteroatoms. The van der Waals surface area contributed by atoms with Crippen molar-refractivity contribution in [3.8, 4) is 0 Å². The van der Waals surface area contributed by atoms with E-state index in [0.717, 1.165) is 19.3 Å². The highest BCUT2D eigenvalue weighted by Gasteiger charge is 2.39. The third-order valence-electron chi connectivity index (χ3n) is 2.89. The van der Waals surface area contributed by atoms with Crippen LogP contribution in [0.4, 0.5) is 0 Å². The molecular weight excluding hydrogens is 188 g/mol. The summed E-state index contributed by atoms with van der Waals surface area (Å²) in [6.45, 7) is 2.55. The molecule has 4 nitrogen and oxygen atoms in total. The molecule has 1 aliphatic carbocycles. The van der Waals surface area contributed by atoms with Crippen LogP contribution in [0.2, 0.25) is 0 Å². The molecule has 1 rings (SSSR count). The molecule has 0 aromatic heterocycles. The van der Waals surface area contributed by atoms with Crippen molar-refractivity contribution in [1.29, 1.82) is 0 Å². The summed E-state index contributed by atoms with van der Waals surface area (Å²) in [4.78, 5) is 0. The van der Waals surface area contributed by atoms with Gasteiger partial charge < -0.3 is 5.73 Å². The summed E-state index contributed by atoms with van der Waals surface area (Å²) in [5, 5.41) is 5.04. The van der Waals surface area contributed by atoms with Gasteiger partial charge in [0.1, 0.15) is 0 Å². The van der Waals surface area contributed by atoms with E-state index in [1.807, 2.05) is 0 Å². The van der Waals surface area contributed by atoms with E-state index in [0.29, 0.717) is 12.5 Å². The minimum absolute atomic E-state index is 0.0425. The average Bonchev–Trinajstić information content (AvgIpc) is 2.29. The maximum atomic E-state index is 11.0. The Bertz CT molecular complexity index is 276. The Hall–Kier alpha value is -0.130. The molecule has 0 aromatic rings. The van der Waals surface area contributed by atoms with Gasteiger partial charge in [0, 0.05) is 0 Å². The van der Waals surface area contributed by atoms with Crippen LogP contribution in [0.1, 0.15) is 26.2 Å². The molecule has 13 heavy (non-hydrogen) atoms. The minimum Gasteiger partial charge on any atom is -0.330 e. The topological polar surface area (TPSA) is 86.2 Å². The molecule has 0 saturated heterocycles. The molecule has 1 aliphatic rings. The van der Waals surface area contributed by atoms with E-state index < -0.39 is 10.0 Å². The van der Waals surface area contributed by atoms with Crippen LogP contribution < -0.4 is 10.9 Å². The van der Waals surface area contributed by atoms with Crippen LogP contribution in [-0.4, -0.2) is 20.7 Å². The van der Waals surface area contributed by atoms with E-state index in [2.05, 4.69) is 6.92 Å². The molecule has 1 unspecified atom stereocenters. The Labute approximate surface area is 79.7 Å². The van der Waals surface area contributed by atoms with Crippen LogP contribution in [0.15, 0.2) is 0 Å². The molecule has 0 heterocycles. The lowest BCUT2D eigenvalue weighted by molar-refractivity contribution is 0.338. The van der Waals surface area contributed by atoms with Crippen molar-refractivity contribution >= 4 is 10.0 Å². The van der Waals surface area contributed by atoms with Crippen molar-refractivity contribution in [1.82, 2.24) is 0 Å². The Morgan fingerprint density at radius 3 is 2.46 bits per heavy atom. The molecule has 0 aromatic carbocycles. The SMILES string of the molecule is CC1CC[C@@](CN)(CS(N)(=O)=O)C1. The fourth-order valence-corrected chi connectivity index (χ4v) is 3.53. The Morgan fingerprint density at radius 2 is 2.15 bits per heavy atom. The maximum Gasteiger partial charge on any atom is 0.209 e. The van der Waals surface area contributed by atoms with Gasteiger partial charge in [-0.25, -0.2) is 13.6 Å². The summed E-state index contributed by atoms with van der Waals surface area (Å²) in [5.74, 6) is 0.617. The van der Waals surface area contributed by atoms with Crippen LogP contribution in [0.3, 0.4) is 0 Å². The van der Waals surface area contributed by atoms with Crippen LogP contribution in [0.25, 0.3) is 0 Å². The van der Waals surface area contributed by atoms with Crippen molar-refractivity contribution in [3.63, 3.8) is 0 Å². The number of primary sulfonamides is 1. The van der Waals surface area contributed by atoms with E-state index in [4.69, 9.17) is 10.9 Å². The van der Waals surface area contributed by atoms with E-state index in [1.54, 1.807) is 0 Å². The highest BCUT2D eigenvalue weighted by Crippen LogP contribution is 2.41. The van der Waals surface area contributed by atoms with E-state index in [1.165, 1.54) is 0 Å². The molecule has 1 saturated carbocycles. The second-order valence-corrected chi connectivity index (χ2v) is 5.97. The summed E-state index contributed by atoms with van der Waals surface area (Å²) in [7, 11) is -3.38. The second kappa shape index (κ2) is 3.55. The molecule has 0 spiro atoms. The molecule has 4 N–H and O–H groups in total. The third kappa shape index (κ3) is 2.93. The van der Waals surface area contributed by atoms with Crippen molar-refractivity contribution in [2.45, 2.75) is 26.2 Å². The van der Waals surface area contributed by atoms with Gasteiger partial charge in [0.2, 0.25) is 10.0 Å². The zero-order valence-electron chi connectivity index (χ0n) is 7.99. The summed E-state index contributed by atoms with van der Waals surface area (Å²) in [6, 6.07) is 0. The first-order valence-corrected chi connectivity index (χ1v) is 6.29. The number of hydrogen-bond acceptors (Lipinski definition) is 3. The van der Waals surface area contributed by atoms with Crippen LogP contribution in [-0.2, 0) is 10.0 Å². The van der Waals surface area contributed by atoms with Gasteiger partial charge in [-0.05, 0) is 30.7 Å². The summed E-state index contributed by atoms with van der Waals surface area (Å²) < 4.78 is 22.0. The number of hydrogen-bond donors (Lipinski definition) is 2. The van der Waals surface area contributed by atoms with Gasteiger partial charge in [0.25, 0.3) is 0 Å². The van der Waals surface area contributed by atoms with Crippen LogP contribution in [0, 0.1) is 11.3 Å². The maximum absolute atomic E-state index is 11.0. The van der Waals surface area contributed by atoms with Gasteiger partial charge in [0.05, 0.1) is 5.75 Å². The quantitative estimate of drug-likeness (QED) is 0.683. The predicted molar refractivity (Wildman–Crippen MR) is 52.5 cm³/mol.